The third-order valence-electron chi connectivity index (χ3n) is 2.08. The molecule has 0 aliphatic carbocycles. The minimum atomic E-state index is 0.0861. The van der Waals surface area contributed by atoms with Crippen LogP contribution in [-0.2, 0) is 4.74 Å². The van der Waals surface area contributed by atoms with E-state index in [9.17, 15) is 0 Å². The molecule has 1 rings (SSSR count). The molecule has 1 aromatic heterocycles. The quantitative estimate of drug-likeness (QED) is 0.439. The number of hydrogen-bond acceptors (Lipinski definition) is 8. The summed E-state index contributed by atoms with van der Waals surface area (Å²) in [5, 5.41) is 15.3. The van der Waals surface area contributed by atoms with Crippen LogP contribution < -0.4 is 15.5 Å². The Bertz CT molecular complexity index is 441. The Hall–Kier alpha value is -2.14. The number of aromatic nitrogens is 3. The lowest BCUT2D eigenvalue weighted by molar-refractivity contribution is 0.205. The molecule has 0 aliphatic heterocycles. The second-order valence-corrected chi connectivity index (χ2v) is 4.83. The minimum absolute atomic E-state index is 0.0861. The molecular weight excluding hydrogens is 258 g/mol. The van der Waals surface area contributed by atoms with Gasteiger partial charge >= 0.3 is 0 Å². The van der Waals surface area contributed by atoms with Crippen LogP contribution in [-0.4, -0.2) is 40.9 Å². The molecule has 0 aliphatic rings. The third kappa shape index (κ3) is 4.85. The molecule has 0 radical (unpaired) electrons. The molecule has 0 unspecified atom stereocenters. The molecule has 0 fully saturated rings. The summed E-state index contributed by atoms with van der Waals surface area (Å²) in [6, 6.07) is 0.352. The molecule has 1 aromatic rings. The monoisotopic (exact) mass is 279 g/mol. The van der Waals surface area contributed by atoms with Crippen LogP contribution >= 0.6 is 0 Å². The molecule has 0 saturated heterocycles. The molecule has 0 saturated carbocycles. The van der Waals surface area contributed by atoms with Crippen LogP contribution in [0.3, 0.4) is 0 Å². The van der Waals surface area contributed by atoms with E-state index >= 15 is 0 Å². The van der Waals surface area contributed by atoms with Crippen molar-refractivity contribution in [1.82, 2.24) is 15.0 Å². The largest absolute Gasteiger partial charge is 0.363 e. The second kappa shape index (κ2) is 7.45. The summed E-state index contributed by atoms with van der Waals surface area (Å²) in [4.78, 5) is 14.0. The molecule has 8 heteroatoms. The maximum absolute atomic E-state index is 9.11. The summed E-state index contributed by atoms with van der Waals surface area (Å²) in [6.07, 6.45) is 1.98. The minimum Gasteiger partial charge on any atom is -0.363 e. The van der Waals surface area contributed by atoms with Gasteiger partial charge in [0, 0.05) is 19.2 Å². The Kier molecular flexibility index (Phi) is 5.93. The van der Waals surface area contributed by atoms with Gasteiger partial charge in [-0.25, -0.2) is 4.90 Å². The van der Waals surface area contributed by atoms with Crippen molar-refractivity contribution in [2.75, 3.05) is 29.4 Å². The molecule has 0 spiro atoms. The maximum atomic E-state index is 9.11. The molecular formula is C12H21N7O. The van der Waals surface area contributed by atoms with E-state index in [1.807, 2.05) is 33.9 Å². The van der Waals surface area contributed by atoms with E-state index < -0.39 is 0 Å². The van der Waals surface area contributed by atoms with Crippen LogP contribution in [0, 0.1) is 11.5 Å². The predicted octanol–water partition coefficient (Wildman–Crippen LogP) is 1.40. The zero-order valence-corrected chi connectivity index (χ0v) is 12.5. The van der Waals surface area contributed by atoms with Gasteiger partial charge in [-0.15, -0.1) is 0 Å². The summed E-state index contributed by atoms with van der Waals surface area (Å²) in [5.41, 5.74) is 0. The highest BCUT2D eigenvalue weighted by Crippen LogP contribution is 2.14. The van der Waals surface area contributed by atoms with Crippen molar-refractivity contribution in [2.24, 2.45) is 0 Å². The summed E-state index contributed by atoms with van der Waals surface area (Å²) in [5.74, 6) is 1.09. The normalized spacial score (nSPS) is 10.5. The van der Waals surface area contributed by atoms with Gasteiger partial charge in [0.15, 0.2) is 6.19 Å². The highest BCUT2D eigenvalue weighted by Gasteiger charge is 2.14. The fraction of sp³-hybridized carbons (Fsp3) is 0.667. The van der Waals surface area contributed by atoms with Crippen LogP contribution in [0.25, 0.3) is 0 Å². The third-order valence-corrected chi connectivity index (χ3v) is 2.08. The first-order valence-electron chi connectivity index (χ1n) is 6.41. The summed E-state index contributed by atoms with van der Waals surface area (Å²) in [7, 11) is 1.51. The zero-order valence-electron chi connectivity index (χ0n) is 12.5. The fourth-order valence-electron chi connectivity index (χ4n) is 1.39. The van der Waals surface area contributed by atoms with Crippen LogP contribution in [0.1, 0.15) is 27.7 Å². The van der Waals surface area contributed by atoms with Gasteiger partial charge in [-0.3, -0.25) is 0 Å². The zero-order chi connectivity index (χ0) is 15.1. The van der Waals surface area contributed by atoms with E-state index in [1.54, 1.807) is 0 Å². The van der Waals surface area contributed by atoms with Gasteiger partial charge in [-0.05, 0) is 27.7 Å². The van der Waals surface area contributed by atoms with Crippen LogP contribution in [0.4, 0.5) is 17.8 Å². The Morgan fingerprint density at radius 3 is 1.95 bits per heavy atom. The molecule has 1 heterocycles. The number of rotatable bonds is 7. The average molecular weight is 279 g/mol. The number of anilines is 3. The number of ether oxygens (including phenoxy) is 1. The predicted molar refractivity (Wildman–Crippen MR) is 77.3 cm³/mol. The first-order valence-corrected chi connectivity index (χ1v) is 6.41. The lowest BCUT2D eigenvalue weighted by Gasteiger charge is -2.16. The Balaban J connectivity index is 3.11. The smallest absolute Gasteiger partial charge is 0.247 e. The standard InChI is InChI=1S/C12H21N7O/c1-8(2)14-10-16-11(15-9(3)4)18-12(17-10)19(6-13)7-20-5/h8-9H,7H2,1-5H3,(H2,14,15,16,17,18). The molecule has 0 atom stereocenters. The van der Waals surface area contributed by atoms with Gasteiger partial charge in [0.1, 0.15) is 6.73 Å². The lowest BCUT2D eigenvalue weighted by Crippen LogP contribution is -2.24. The Morgan fingerprint density at radius 2 is 1.60 bits per heavy atom. The van der Waals surface area contributed by atoms with Crippen molar-refractivity contribution in [3.05, 3.63) is 0 Å². The van der Waals surface area contributed by atoms with Gasteiger partial charge in [0.05, 0.1) is 0 Å². The summed E-state index contributed by atoms with van der Waals surface area (Å²) < 4.78 is 4.95. The van der Waals surface area contributed by atoms with E-state index in [1.165, 1.54) is 12.0 Å². The van der Waals surface area contributed by atoms with Crippen molar-refractivity contribution in [3.63, 3.8) is 0 Å². The number of nitrogens with zero attached hydrogens (tertiary/aromatic N) is 5. The summed E-state index contributed by atoms with van der Waals surface area (Å²) >= 11 is 0. The number of methoxy groups -OCH3 is 1. The molecule has 0 amide bonds. The fourth-order valence-corrected chi connectivity index (χ4v) is 1.39. The molecule has 110 valence electrons. The number of nitrogens with one attached hydrogen (secondary N) is 2. The molecule has 20 heavy (non-hydrogen) atoms. The van der Waals surface area contributed by atoms with E-state index in [4.69, 9.17) is 10.00 Å². The molecule has 8 nitrogen and oxygen atoms in total. The highest BCUT2D eigenvalue weighted by atomic mass is 16.5. The van der Waals surface area contributed by atoms with Crippen molar-refractivity contribution in [2.45, 2.75) is 39.8 Å². The first-order chi connectivity index (χ1) is 9.46. The van der Waals surface area contributed by atoms with Crippen molar-refractivity contribution in [1.29, 1.82) is 5.26 Å². The van der Waals surface area contributed by atoms with E-state index in [0.29, 0.717) is 11.9 Å². The van der Waals surface area contributed by atoms with Gasteiger partial charge in [-0.1, -0.05) is 0 Å². The van der Waals surface area contributed by atoms with E-state index in [2.05, 4.69) is 25.6 Å². The van der Waals surface area contributed by atoms with Gasteiger partial charge in [0.2, 0.25) is 17.8 Å². The van der Waals surface area contributed by atoms with E-state index in [-0.39, 0.29) is 24.8 Å². The van der Waals surface area contributed by atoms with Crippen molar-refractivity contribution in [3.8, 4) is 6.19 Å². The molecule has 0 aromatic carbocycles. The lowest BCUT2D eigenvalue weighted by atomic mass is 10.4. The topological polar surface area (TPSA) is 99.0 Å². The second-order valence-electron chi connectivity index (χ2n) is 4.83. The molecule has 0 bridgehead atoms. The number of hydrogen-bond donors (Lipinski definition) is 2. The average Bonchev–Trinajstić information content (AvgIpc) is 2.33. The van der Waals surface area contributed by atoms with Gasteiger partial charge < -0.3 is 15.4 Å². The van der Waals surface area contributed by atoms with Crippen molar-refractivity contribution < 1.29 is 4.74 Å². The Morgan fingerprint density at radius 1 is 1.10 bits per heavy atom. The van der Waals surface area contributed by atoms with Crippen LogP contribution in [0.15, 0.2) is 0 Å². The van der Waals surface area contributed by atoms with Gasteiger partial charge in [0.25, 0.3) is 0 Å². The SMILES string of the molecule is COCN(C#N)c1nc(NC(C)C)nc(NC(C)C)n1. The molecule has 2 N–H and O–H groups in total. The van der Waals surface area contributed by atoms with Crippen LogP contribution in [0.5, 0.6) is 0 Å². The van der Waals surface area contributed by atoms with Crippen molar-refractivity contribution >= 4 is 17.8 Å². The maximum Gasteiger partial charge on any atom is 0.247 e. The summed E-state index contributed by atoms with van der Waals surface area (Å²) in [6.45, 7) is 8.02. The van der Waals surface area contributed by atoms with Crippen LogP contribution in [0.2, 0.25) is 0 Å². The number of nitriles is 1. The Labute approximate surface area is 119 Å². The first kappa shape index (κ1) is 15.9. The van der Waals surface area contributed by atoms with E-state index in [0.717, 1.165) is 0 Å². The van der Waals surface area contributed by atoms with Gasteiger partial charge in [-0.2, -0.15) is 20.2 Å². The highest BCUT2D eigenvalue weighted by molar-refractivity contribution is 5.46.